The highest BCUT2D eigenvalue weighted by atomic mass is 79.9. The topological polar surface area (TPSA) is 69.0 Å². The summed E-state index contributed by atoms with van der Waals surface area (Å²) in [7, 11) is 1.55. The number of ether oxygens (including phenoxy) is 1. The molecule has 0 aliphatic heterocycles. The number of nitrogens with one attached hydrogen (secondary N) is 1. The lowest BCUT2D eigenvalue weighted by Crippen LogP contribution is -2.12. The largest absolute Gasteiger partial charge is 0.496 e. The third-order valence-corrected chi connectivity index (χ3v) is 5.42. The Labute approximate surface area is 157 Å². The predicted molar refractivity (Wildman–Crippen MR) is 100 cm³/mol. The summed E-state index contributed by atoms with van der Waals surface area (Å²) in [5, 5.41) is 13.1. The van der Waals surface area contributed by atoms with Gasteiger partial charge in [-0.2, -0.15) is 0 Å². The molecule has 8 heteroatoms. The molecule has 0 saturated heterocycles. The van der Waals surface area contributed by atoms with E-state index < -0.39 is 0 Å². The molecule has 1 amide bonds. The van der Waals surface area contributed by atoms with Crippen LogP contribution in [0, 0.1) is 0 Å². The second kappa shape index (κ2) is 6.61. The number of benzene rings is 1. The highest BCUT2D eigenvalue weighted by Gasteiger charge is 2.27. The number of nitrogens with zero attached hydrogens (tertiary/aromatic N) is 3. The second-order valence-electron chi connectivity index (χ2n) is 5.79. The van der Waals surface area contributed by atoms with Crippen LogP contribution in [0.3, 0.4) is 0 Å². The maximum absolute atomic E-state index is 12.6. The summed E-state index contributed by atoms with van der Waals surface area (Å²) in [4.78, 5) is 13.6. The van der Waals surface area contributed by atoms with Gasteiger partial charge in [0.15, 0.2) is 5.82 Å². The molecule has 1 fully saturated rings. The monoisotopic (exact) mass is 418 g/mol. The summed E-state index contributed by atoms with van der Waals surface area (Å²) >= 11 is 4.92. The van der Waals surface area contributed by atoms with E-state index in [1.165, 1.54) is 24.2 Å². The minimum atomic E-state index is -0.217. The van der Waals surface area contributed by atoms with Crippen molar-refractivity contribution in [3.8, 4) is 16.5 Å². The Bertz CT molecular complexity index is 932. The molecule has 1 aromatic carbocycles. The van der Waals surface area contributed by atoms with Crippen molar-refractivity contribution in [1.29, 1.82) is 0 Å². The van der Waals surface area contributed by atoms with Crippen molar-refractivity contribution in [3.05, 3.63) is 46.0 Å². The number of hydrogen-bond acceptors (Lipinski definition) is 5. The van der Waals surface area contributed by atoms with Gasteiger partial charge in [-0.1, -0.05) is 15.9 Å². The molecular weight excluding hydrogens is 404 g/mol. The van der Waals surface area contributed by atoms with Gasteiger partial charge in [-0.25, -0.2) is 0 Å². The summed E-state index contributed by atoms with van der Waals surface area (Å²) in [6, 6.07) is 7.77. The van der Waals surface area contributed by atoms with Crippen molar-refractivity contribution in [2.45, 2.75) is 18.9 Å². The van der Waals surface area contributed by atoms with E-state index in [1.54, 1.807) is 25.6 Å². The number of rotatable bonds is 5. The van der Waals surface area contributed by atoms with Crippen molar-refractivity contribution in [2.75, 3.05) is 12.4 Å². The normalized spacial score (nSPS) is 13.7. The first-order valence-electron chi connectivity index (χ1n) is 7.79. The Balaban J connectivity index is 1.56. The third-order valence-electron chi connectivity index (χ3n) is 4.00. The molecule has 0 atom stereocenters. The molecule has 4 rings (SSSR count). The minimum absolute atomic E-state index is 0.217. The van der Waals surface area contributed by atoms with Crippen LogP contribution in [0.25, 0.3) is 10.7 Å². The maximum atomic E-state index is 12.6. The molecule has 1 N–H and O–H groups in total. The second-order valence-corrected chi connectivity index (χ2v) is 7.62. The van der Waals surface area contributed by atoms with E-state index in [4.69, 9.17) is 4.74 Å². The van der Waals surface area contributed by atoms with Gasteiger partial charge >= 0.3 is 0 Å². The smallest absolute Gasteiger partial charge is 0.259 e. The van der Waals surface area contributed by atoms with Crippen LogP contribution in [0.15, 0.2) is 40.4 Å². The fraction of sp³-hybridized carbons (Fsp3) is 0.235. The number of aromatic nitrogens is 3. The Morgan fingerprint density at radius 1 is 1.40 bits per heavy atom. The Morgan fingerprint density at radius 3 is 3.00 bits per heavy atom. The number of hydrogen-bond donors (Lipinski definition) is 1. The van der Waals surface area contributed by atoms with Gasteiger partial charge in [0.25, 0.3) is 5.91 Å². The summed E-state index contributed by atoms with van der Waals surface area (Å²) in [6.45, 7) is 0. The van der Waals surface area contributed by atoms with Gasteiger partial charge in [-0.3, -0.25) is 4.79 Å². The molecule has 128 valence electrons. The van der Waals surface area contributed by atoms with Crippen molar-refractivity contribution in [1.82, 2.24) is 14.8 Å². The first-order chi connectivity index (χ1) is 12.2. The number of anilines is 1. The first kappa shape index (κ1) is 16.3. The molecular formula is C17H15BrN4O2S. The van der Waals surface area contributed by atoms with Gasteiger partial charge in [0.05, 0.1) is 23.2 Å². The Kier molecular flexibility index (Phi) is 4.30. The summed E-state index contributed by atoms with van der Waals surface area (Å²) in [5.74, 6) is 1.17. The number of thiophene rings is 1. The molecule has 1 saturated carbocycles. The third kappa shape index (κ3) is 3.32. The SMILES string of the molecule is COc1ccc(Br)cc1C(=O)Nc1csc(-c2nncn2C2CC2)c1. The zero-order valence-electron chi connectivity index (χ0n) is 13.4. The molecule has 0 radical (unpaired) electrons. The van der Waals surface area contributed by atoms with E-state index >= 15 is 0 Å². The van der Waals surface area contributed by atoms with E-state index in [1.807, 2.05) is 17.5 Å². The van der Waals surface area contributed by atoms with Crippen LogP contribution in [0.5, 0.6) is 5.75 Å². The number of carbonyl (C=O) groups excluding carboxylic acids is 1. The van der Waals surface area contributed by atoms with Crippen molar-refractivity contribution < 1.29 is 9.53 Å². The van der Waals surface area contributed by atoms with Gasteiger partial charge in [-0.15, -0.1) is 21.5 Å². The Hall–Kier alpha value is -2.19. The maximum Gasteiger partial charge on any atom is 0.259 e. The fourth-order valence-electron chi connectivity index (χ4n) is 2.61. The Morgan fingerprint density at radius 2 is 2.24 bits per heavy atom. The number of carbonyl (C=O) groups is 1. The van der Waals surface area contributed by atoms with E-state index in [-0.39, 0.29) is 5.91 Å². The van der Waals surface area contributed by atoms with Crippen molar-refractivity contribution >= 4 is 38.9 Å². The lowest BCUT2D eigenvalue weighted by molar-refractivity contribution is 0.102. The van der Waals surface area contributed by atoms with Crippen molar-refractivity contribution in [2.24, 2.45) is 0 Å². The molecule has 0 bridgehead atoms. The summed E-state index contributed by atoms with van der Waals surface area (Å²) in [6.07, 6.45) is 4.11. The van der Waals surface area contributed by atoms with E-state index in [0.29, 0.717) is 17.4 Å². The van der Waals surface area contributed by atoms with E-state index in [0.717, 1.165) is 20.9 Å². The van der Waals surface area contributed by atoms with Crippen LogP contribution in [0.2, 0.25) is 0 Å². The molecule has 2 aromatic heterocycles. The van der Waals surface area contributed by atoms with E-state index in [2.05, 4.69) is 36.0 Å². The molecule has 2 heterocycles. The molecule has 1 aliphatic rings. The summed E-state index contributed by atoms with van der Waals surface area (Å²) in [5.41, 5.74) is 1.21. The van der Waals surface area contributed by atoms with Gasteiger partial charge in [0.2, 0.25) is 0 Å². The highest BCUT2D eigenvalue weighted by molar-refractivity contribution is 9.10. The number of methoxy groups -OCH3 is 1. The van der Waals surface area contributed by atoms with Gasteiger partial charge in [-0.05, 0) is 37.1 Å². The molecule has 3 aromatic rings. The predicted octanol–water partition coefficient (Wildman–Crippen LogP) is 4.36. The van der Waals surface area contributed by atoms with Crippen LogP contribution in [-0.2, 0) is 0 Å². The van der Waals surface area contributed by atoms with Gasteiger partial charge in [0, 0.05) is 15.9 Å². The van der Waals surface area contributed by atoms with Crippen LogP contribution >= 0.6 is 27.3 Å². The van der Waals surface area contributed by atoms with Gasteiger partial charge in [0.1, 0.15) is 12.1 Å². The average Bonchev–Trinajstić information content (AvgIpc) is 3.15. The van der Waals surface area contributed by atoms with E-state index in [9.17, 15) is 4.79 Å². The lowest BCUT2D eigenvalue weighted by Gasteiger charge is -2.08. The molecule has 25 heavy (non-hydrogen) atoms. The van der Waals surface area contributed by atoms with Gasteiger partial charge < -0.3 is 14.6 Å². The average molecular weight is 419 g/mol. The molecule has 0 unspecified atom stereocenters. The van der Waals surface area contributed by atoms with Crippen LogP contribution < -0.4 is 10.1 Å². The highest BCUT2D eigenvalue weighted by Crippen LogP contribution is 2.39. The van der Waals surface area contributed by atoms with Crippen LogP contribution in [-0.4, -0.2) is 27.8 Å². The minimum Gasteiger partial charge on any atom is -0.496 e. The zero-order chi connectivity index (χ0) is 17.4. The lowest BCUT2D eigenvalue weighted by atomic mass is 10.2. The molecule has 1 aliphatic carbocycles. The number of amides is 1. The fourth-order valence-corrected chi connectivity index (χ4v) is 3.80. The van der Waals surface area contributed by atoms with Crippen molar-refractivity contribution in [3.63, 3.8) is 0 Å². The molecule has 6 nitrogen and oxygen atoms in total. The quantitative estimate of drug-likeness (QED) is 0.667. The first-order valence-corrected chi connectivity index (χ1v) is 9.46. The standard InChI is InChI=1S/C17H15BrN4O2S/c1-24-14-5-2-10(18)6-13(14)17(23)20-11-7-15(25-8-11)16-21-19-9-22(16)12-3-4-12/h2,5-9,12H,3-4H2,1H3,(H,20,23). The molecule has 0 spiro atoms. The van der Waals surface area contributed by atoms with Crippen LogP contribution in [0.4, 0.5) is 5.69 Å². The zero-order valence-corrected chi connectivity index (χ0v) is 15.8. The summed E-state index contributed by atoms with van der Waals surface area (Å²) < 4.78 is 8.20. The van der Waals surface area contributed by atoms with Crippen LogP contribution in [0.1, 0.15) is 29.2 Å². The number of halogens is 1.